The summed E-state index contributed by atoms with van der Waals surface area (Å²) >= 11 is 1.79. The Hall–Kier alpha value is -6.96. The predicted molar refractivity (Wildman–Crippen MR) is 216 cm³/mol. The van der Waals surface area contributed by atoms with Gasteiger partial charge in [0.2, 0.25) is 5.89 Å². The van der Waals surface area contributed by atoms with Crippen molar-refractivity contribution in [3.8, 4) is 51.3 Å². The maximum absolute atomic E-state index is 6.17. The zero-order chi connectivity index (χ0) is 34.9. The monoisotopic (exact) mass is 697 g/mol. The number of hydrogen-bond donors (Lipinski definition) is 0. The third-order valence-corrected chi connectivity index (χ3v) is 11.0. The fraction of sp³-hybridized carbons (Fsp3) is 0. The van der Waals surface area contributed by atoms with Gasteiger partial charge in [-0.15, -0.1) is 11.3 Å². The SMILES string of the molecule is c1ccc(-c2nc(-c3ccc(-n4c5ccccc5c5ccc(-c6nc7ccccc7o6)cc54)cc3)nc(-c3cccc4sc5ccccc5c34)n2)cc1. The molecular weight excluding hydrogens is 671 g/mol. The van der Waals surface area contributed by atoms with E-state index in [0.717, 1.165) is 55.5 Å². The summed E-state index contributed by atoms with van der Waals surface area (Å²) in [5.74, 6) is 2.52. The van der Waals surface area contributed by atoms with Gasteiger partial charge >= 0.3 is 0 Å². The smallest absolute Gasteiger partial charge is 0.227 e. The molecule has 7 aromatic carbocycles. The molecule has 0 saturated carbocycles. The molecule has 53 heavy (non-hydrogen) atoms. The molecule has 0 amide bonds. The van der Waals surface area contributed by atoms with Crippen LogP contribution >= 0.6 is 11.3 Å². The van der Waals surface area contributed by atoms with Gasteiger partial charge in [-0.2, -0.15) is 0 Å². The average molecular weight is 698 g/mol. The molecule has 0 fully saturated rings. The number of oxazole rings is 1. The summed E-state index contributed by atoms with van der Waals surface area (Å²) in [5, 5.41) is 4.72. The summed E-state index contributed by atoms with van der Waals surface area (Å²) in [6.07, 6.45) is 0. The van der Waals surface area contributed by atoms with Gasteiger partial charge in [-0.3, -0.25) is 0 Å². The molecular formula is C46H27N5OS. The van der Waals surface area contributed by atoms with Crippen LogP contribution in [0.2, 0.25) is 0 Å². The van der Waals surface area contributed by atoms with Gasteiger partial charge < -0.3 is 8.98 Å². The van der Waals surface area contributed by atoms with Crippen molar-refractivity contribution in [3.05, 3.63) is 164 Å². The quantitative estimate of drug-likeness (QED) is 0.179. The number of nitrogens with zero attached hydrogens (tertiary/aromatic N) is 5. The molecule has 0 aliphatic carbocycles. The first-order valence-electron chi connectivity index (χ1n) is 17.5. The van der Waals surface area contributed by atoms with Crippen LogP contribution in [-0.4, -0.2) is 24.5 Å². The van der Waals surface area contributed by atoms with Crippen molar-refractivity contribution in [2.75, 3.05) is 0 Å². The Morgan fingerprint density at radius 1 is 0.453 bits per heavy atom. The number of rotatable bonds is 5. The van der Waals surface area contributed by atoms with Crippen molar-refractivity contribution >= 4 is 64.4 Å². The molecule has 0 spiro atoms. The normalized spacial score (nSPS) is 11.8. The Morgan fingerprint density at radius 2 is 1.11 bits per heavy atom. The minimum absolute atomic E-state index is 0.603. The lowest BCUT2D eigenvalue weighted by molar-refractivity contribution is 0.620. The first-order valence-corrected chi connectivity index (χ1v) is 18.3. The van der Waals surface area contributed by atoms with Crippen LogP contribution in [-0.2, 0) is 0 Å². The van der Waals surface area contributed by atoms with Gasteiger partial charge in [0.1, 0.15) is 5.52 Å². The van der Waals surface area contributed by atoms with Crippen LogP contribution in [0.15, 0.2) is 168 Å². The van der Waals surface area contributed by atoms with E-state index in [2.05, 4.69) is 114 Å². The Kier molecular flexibility index (Phi) is 6.62. The molecule has 7 heteroatoms. The highest BCUT2D eigenvalue weighted by Crippen LogP contribution is 2.40. The molecule has 0 radical (unpaired) electrons. The highest BCUT2D eigenvalue weighted by molar-refractivity contribution is 7.25. The standard InChI is InChI=1S/C46H27N5OS/c1-2-11-28(12-3-1)43-48-44(50-45(49-43)35-15-10-20-41-42(35)34-14-5-9-19-40(34)53-41)29-21-24-31(25-22-29)51-37-17-7-4-13-32(37)33-26-23-30(27-38(33)51)46-47-36-16-6-8-18-39(36)52-46/h1-27H. The van der Waals surface area contributed by atoms with Crippen molar-refractivity contribution in [3.63, 3.8) is 0 Å². The minimum Gasteiger partial charge on any atom is -0.436 e. The van der Waals surface area contributed by atoms with E-state index in [-0.39, 0.29) is 0 Å². The van der Waals surface area contributed by atoms with Crippen molar-refractivity contribution < 1.29 is 4.42 Å². The average Bonchev–Trinajstić information content (AvgIpc) is 3.93. The molecule has 248 valence electrons. The summed E-state index contributed by atoms with van der Waals surface area (Å²) < 4.78 is 10.9. The van der Waals surface area contributed by atoms with Crippen LogP contribution in [0.3, 0.4) is 0 Å². The summed E-state index contributed by atoms with van der Waals surface area (Å²) in [4.78, 5) is 20.0. The molecule has 0 N–H and O–H groups in total. The van der Waals surface area contributed by atoms with Gasteiger partial charge in [0.05, 0.1) is 11.0 Å². The predicted octanol–water partition coefficient (Wildman–Crippen LogP) is 12.1. The van der Waals surface area contributed by atoms with Gasteiger partial charge in [0.15, 0.2) is 23.1 Å². The van der Waals surface area contributed by atoms with E-state index in [9.17, 15) is 0 Å². The lowest BCUT2D eigenvalue weighted by Gasteiger charge is -2.11. The fourth-order valence-electron chi connectivity index (χ4n) is 7.44. The summed E-state index contributed by atoms with van der Waals surface area (Å²) in [6.45, 7) is 0. The lowest BCUT2D eigenvalue weighted by atomic mass is 10.1. The number of benzene rings is 7. The molecule has 6 nitrogen and oxygen atoms in total. The highest BCUT2D eigenvalue weighted by Gasteiger charge is 2.19. The van der Waals surface area contributed by atoms with Gasteiger partial charge in [0.25, 0.3) is 0 Å². The highest BCUT2D eigenvalue weighted by atomic mass is 32.1. The van der Waals surface area contributed by atoms with Gasteiger partial charge in [0, 0.05) is 58.9 Å². The summed E-state index contributed by atoms with van der Waals surface area (Å²) in [7, 11) is 0. The maximum atomic E-state index is 6.17. The molecule has 4 aromatic heterocycles. The third kappa shape index (κ3) is 4.86. The second-order valence-electron chi connectivity index (χ2n) is 13.1. The van der Waals surface area contributed by atoms with Crippen LogP contribution in [0.4, 0.5) is 0 Å². The van der Waals surface area contributed by atoms with Crippen molar-refractivity contribution in [1.29, 1.82) is 0 Å². The largest absolute Gasteiger partial charge is 0.436 e. The number of thiophene rings is 1. The number of aromatic nitrogens is 5. The van der Waals surface area contributed by atoms with Crippen LogP contribution in [0.25, 0.3) is 104 Å². The zero-order valence-electron chi connectivity index (χ0n) is 28.1. The van der Waals surface area contributed by atoms with Crippen molar-refractivity contribution in [2.45, 2.75) is 0 Å². The first-order chi connectivity index (χ1) is 26.2. The molecule has 0 aliphatic rings. The minimum atomic E-state index is 0.603. The van der Waals surface area contributed by atoms with Crippen LogP contribution in [0.1, 0.15) is 0 Å². The van der Waals surface area contributed by atoms with Gasteiger partial charge in [-0.1, -0.05) is 97.1 Å². The molecule has 0 atom stereocenters. The van der Waals surface area contributed by atoms with E-state index in [1.165, 1.54) is 25.6 Å². The van der Waals surface area contributed by atoms with Crippen molar-refractivity contribution in [2.24, 2.45) is 0 Å². The van der Waals surface area contributed by atoms with Crippen molar-refractivity contribution in [1.82, 2.24) is 24.5 Å². The van der Waals surface area contributed by atoms with Gasteiger partial charge in [-0.25, -0.2) is 19.9 Å². The topological polar surface area (TPSA) is 69.6 Å². The van der Waals surface area contributed by atoms with E-state index in [4.69, 9.17) is 24.4 Å². The van der Waals surface area contributed by atoms with E-state index >= 15 is 0 Å². The van der Waals surface area contributed by atoms with Crippen LogP contribution in [0.5, 0.6) is 0 Å². The zero-order valence-corrected chi connectivity index (χ0v) is 29.0. The molecule has 0 saturated heterocycles. The maximum Gasteiger partial charge on any atom is 0.227 e. The Labute approximate surface area is 307 Å². The Morgan fingerprint density at radius 3 is 1.96 bits per heavy atom. The number of fused-ring (bicyclic) bond motifs is 7. The molecule has 4 heterocycles. The first kappa shape index (κ1) is 29.7. The van der Waals surface area contributed by atoms with Gasteiger partial charge in [-0.05, 0) is 66.7 Å². The molecule has 11 aromatic rings. The Balaban J connectivity index is 1.06. The molecule has 11 rings (SSSR count). The van der Waals surface area contributed by atoms with E-state index in [1.807, 2.05) is 54.6 Å². The molecule has 0 bridgehead atoms. The number of hydrogen-bond acceptors (Lipinski definition) is 6. The van der Waals surface area contributed by atoms with Crippen LogP contribution in [0, 0.1) is 0 Å². The Bertz CT molecular complexity index is 3140. The second kappa shape index (κ2) is 11.8. The second-order valence-corrected chi connectivity index (χ2v) is 14.2. The van der Waals surface area contributed by atoms with Crippen LogP contribution < -0.4 is 0 Å². The summed E-state index contributed by atoms with van der Waals surface area (Å²) in [6, 6.07) is 56.4. The number of para-hydroxylation sites is 3. The fourth-order valence-corrected chi connectivity index (χ4v) is 8.57. The lowest BCUT2D eigenvalue weighted by Crippen LogP contribution is -2.01. The third-order valence-electron chi connectivity index (χ3n) is 9.91. The van der Waals surface area contributed by atoms with E-state index in [0.29, 0.717) is 23.4 Å². The molecule has 0 unspecified atom stereocenters. The summed E-state index contributed by atoms with van der Waals surface area (Å²) in [5.41, 5.74) is 8.61. The van der Waals surface area contributed by atoms with E-state index < -0.39 is 0 Å². The molecule has 0 aliphatic heterocycles. The van der Waals surface area contributed by atoms with E-state index in [1.54, 1.807) is 11.3 Å².